The zero-order valence-corrected chi connectivity index (χ0v) is 16.1. The molecule has 4 atom stereocenters. The molecule has 3 aliphatic heterocycles. The van der Waals surface area contributed by atoms with Crippen molar-refractivity contribution in [1.82, 2.24) is 15.3 Å². The average Bonchev–Trinajstić information content (AvgIpc) is 3.41. The first-order chi connectivity index (χ1) is 14.5. The van der Waals surface area contributed by atoms with Crippen LogP contribution in [0.15, 0.2) is 36.7 Å². The first-order valence-corrected chi connectivity index (χ1v) is 9.98. The minimum absolute atomic E-state index is 0.0652. The number of carbonyl (C=O) groups excluding carboxylic acids is 1. The molecule has 1 aromatic carbocycles. The summed E-state index contributed by atoms with van der Waals surface area (Å²) in [4.78, 5) is 34.2. The lowest BCUT2D eigenvalue weighted by Gasteiger charge is -2.29. The zero-order valence-electron chi connectivity index (χ0n) is 16.1. The topological polar surface area (TPSA) is 105 Å². The van der Waals surface area contributed by atoms with E-state index in [1.165, 1.54) is 36.7 Å². The van der Waals surface area contributed by atoms with Gasteiger partial charge in [0.05, 0.1) is 11.7 Å². The highest BCUT2D eigenvalue weighted by Crippen LogP contribution is 2.55. The van der Waals surface area contributed by atoms with Crippen molar-refractivity contribution in [3.8, 4) is 0 Å². The summed E-state index contributed by atoms with van der Waals surface area (Å²) in [5.41, 5.74) is 0.00180. The third kappa shape index (κ3) is 3.00. The minimum Gasteiger partial charge on any atom is -0.476 e. The van der Waals surface area contributed by atoms with Crippen LogP contribution in [-0.2, 0) is 4.74 Å². The summed E-state index contributed by atoms with van der Waals surface area (Å²) < 4.78 is 19.4. The number of carboxylic acids is 1. The van der Waals surface area contributed by atoms with Gasteiger partial charge in [0.25, 0.3) is 5.91 Å². The molecule has 2 bridgehead atoms. The van der Waals surface area contributed by atoms with Crippen molar-refractivity contribution in [3.05, 3.63) is 53.7 Å². The number of ether oxygens (including phenoxy) is 1. The molecule has 0 aliphatic carbocycles. The molecular weight excluding hydrogens is 391 g/mol. The molecule has 1 spiro atoms. The lowest BCUT2D eigenvalue weighted by molar-refractivity contribution is 0.0141. The SMILES string of the molecule is O=C(NC[C@H]1[C@H]2CN(c3nccnc3C(=O)O)C[C@]23CC[C@H]1O3)c1ccc(F)cc1. The van der Waals surface area contributed by atoms with Crippen LogP contribution in [-0.4, -0.2) is 58.3 Å². The van der Waals surface area contributed by atoms with E-state index in [1.807, 2.05) is 4.90 Å². The van der Waals surface area contributed by atoms with Crippen molar-refractivity contribution in [2.24, 2.45) is 11.8 Å². The van der Waals surface area contributed by atoms with Crippen LogP contribution in [0.4, 0.5) is 10.2 Å². The van der Waals surface area contributed by atoms with Crippen molar-refractivity contribution >= 4 is 17.7 Å². The van der Waals surface area contributed by atoms with E-state index in [1.54, 1.807) is 0 Å². The molecule has 2 N–H and O–H groups in total. The van der Waals surface area contributed by atoms with Gasteiger partial charge in [0.1, 0.15) is 5.82 Å². The normalized spacial score (nSPS) is 29.1. The van der Waals surface area contributed by atoms with Crippen molar-refractivity contribution in [3.63, 3.8) is 0 Å². The number of hydrogen-bond donors (Lipinski definition) is 2. The summed E-state index contributed by atoms with van der Waals surface area (Å²) in [5, 5.41) is 12.4. The van der Waals surface area contributed by atoms with E-state index >= 15 is 0 Å². The van der Waals surface area contributed by atoms with Crippen LogP contribution in [0.5, 0.6) is 0 Å². The van der Waals surface area contributed by atoms with Gasteiger partial charge >= 0.3 is 5.97 Å². The maximum Gasteiger partial charge on any atom is 0.358 e. The van der Waals surface area contributed by atoms with Gasteiger partial charge in [-0.1, -0.05) is 0 Å². The largest absolute Gasteiger partial charge is 0.476 e. The molecule has 8 nitrogen and oxygen atoms in total. The maximum atomic E-state index is 13.1. The van der Waals surface area contributed by atoms with Crippen molar-refractivity contribution < 1.29 is 23.8 Å². The highest BCUT2D eigenvalue weighted by Gasteiger charge is 2.63. The molecular formula is C21H21FN4O4. The summed E-state index contributed by atoms with van der Waals surface area (Å²) in [7, 11) is 0. The van der Waals surface area contributed by atoms with Gasteiger partial charge in [0, 0.05) is 49.4 Å². The Labute approximate surface area is 172 Å². The molecule has 4 heterocycles. The van der Waals surface area contributed by atoms with E-state index < -0.39 is 5.97 Å². The first kappa shape index (κ1) is 18.9. The second kappa shape index (κ2) is 7.02. The van der Waals surface area contributed by atoms with Crippen LogP contribution in [0, 0.1) is 17.7 Å². The number of aromatic carboxylic acids is 1. The van der Waals surface area contributed by atoms with E-state index in [4.69, 9.17) is 4.74 Å². The number of nitrogens with one attached hydrogen (secondary N) is 1. The number of anilines is 1. The van der Waals surface area contributed by atoms with Crippen LogP contribution in [0.25, 0.3) is 0 Å². The van der Waals surface area contributed by atoms with Gasteiger partial charge in [-0.15, -0.1) is 0 Å². The maximum absolute atomic E-state index is 13.1. The Morgan fingerprint density at radius 3 is 2.80 bits per heavy atom. The number of carbonyl (C=O) groups is 2. The second-order valence-corrected chi connectivity index (χ2v) is 8.16. The van der Waals surface area contributed by atoms with E-state index in [2.05, 4.69) is 15.3 Å². The van der Waals surface area contributed by atoms with Crippen LogP contribution < -0.4 is 10.2 Å². The number of halogens is 1. The van der Waals surface area contributed by atoms with Gasteiger partial charge in [-0.3, -0.25) is 4.79 Å². The molecule has 2 aromatic rings. The Morgan fingerprint density at radius 1 is 1.27 bits per heavy atom. The minimum atomic E-state index is -1.11. The van der Waals surface area contributed by atoms with Crippen LogP contribution in [0.2, 0.25) is 0 Å². The molecule has 9 heteroatoms. The molecule has 1 aromatic heterocycles. The number of amides is 1. The molecule has 3 saturated heterocycles. The van der Waals surface area contributed by atoms with Crippen LogP contribution in [0.3, 0.4) is 0 Å². The van der Waals surface area contributed by atoms with Gasteiger partial charge in [-0.2, -0.15) is 0 Å². The number of carboxylic acid groups (broad SMARTS) is 1. The molecule has 30 heavy (non-hydrogen) atoms. The number of nitrogens with zero attached hydrogens (tertiary/aromatic N) is 3. The molecule has 0 saturated carbocycles. The van der Waals surface area contributed by atoms with Crippen LogP contribution >= 0.6 is 0 Å². The van der Waals surface area contributed by atoms with Gasteiger partial charge in [0.2, 0.25) is 0 Å². The molecule has 3 fully saturated rings. The third-order valence-electron chi connectivity index (χ3n) is 6.57. The summed E-state index contributed by atoms with van der Waals surface area (Å²) in [5.74, 6) is -1.10. The predicted octanol–water partition coefficient (Wildman–Crippen LogP) is 1.73. The number of benzene rings is 1. The number of aromatic nitrogens is 2. The fourth-order valence-corrected chi connectivity index (χ4v) is 5.25. The lowest BCUT2D eigenvalue weighted by Crippen LogP contribution is -2.41. The van der Waals surface area contributed by atoms with Gasteiger partial charge in [0.15, 0.2) is 11.5 Å². The van der Waals surface area contributed by atoms with Crippen molar-refractivity contribution in [2.45, 2.75) is 24.5 Å². The fraction of sp³-hybridized carbons (Fsp3) is 0.429. The number of hydrogen-bond acceptors (Lipinski definition) is 6. The summed E-state index contributed by atoms with van der Waals surface area (Å²) in [6.07, 6.45) is 4.76. The van der Waals surface area contributed by atoms with Gasteiger partial charge in [-0.05, 0) is 37.1 Å². The summed E-state index contributed by atoms with van der Waals surface area (Å²) in [6.45, 7) is 1.62. The monoisotopic (exact) mass is 412 g/mol. The van der Waals surface area contributed by atoms with Crippen molar-refractivity contribution in [1.29, 1.82) is 0 Å². The second-order valence-electron chi connectivity index (χ2n) is 8.16. The zero-order chi connectivity index (χ0) is 20.9. The molecule has 0 radical (unpaired) electrons. The highest BCUT2D eigenvalue weighted by atomic mass is 19.1. The fourth-order valence-electron chi connectivity index (χ4n) is 5.25. The average molecular weight is 412 g/mol. The third-order valence-corrected chi connectivity index (χ3v) is 6.57. The molecule has 5 rings (SSSR count). The summed E-state index contributed by atoms with van der Waals surface area (Å²) >= 11 is 0. The van der Waals surface area contributed by atoms with E-state index in [0.717, 1.165) is 12.8 Å². The number of rotatable bonds is 5. The molecule has 0 unspecified atom stereocenters. The summed E-state index contributed by atoms with van der Waals surface area (Å²) in [6, 6.07) is 5.45. The van der Waals surface area contributed by atoms with Crippen molar-refractivity contribution in [2.75, 3.05) is 24.5 Å². The Bertz CT molecular complexity index is 1000. The Hall–Kier alpha value is -3.07. The highest BCUT2D eigenvalue weighted by molar-refractivity contribution is 5.94. The molecule has 3 aliphatic rings. The Kier molecular flexibility index (Phi) is 4.43. The van der Waals surface area contributed by atoms with Gasteiger partial charge < -0.3 is 20.1 Å². The van der Waals surface area contributed by atoms with E-state index in [9.17, 15) is 19.1 Å². The first-order valence-electron chi connectivity index (χ1n) is 9.98. The molecule has 1 amide bonds. The van der Waals surface area contributed by atoms with Gasteiger partial charge in [-0.25, -0.2) is 19.2 Å². The van der Waals surface area contributed by atoms with Crippen LogP contribution in [0.1, 0.15) is 33.7 Å². The number of fused-ring (bicyclic) bond motifs is 1. The van der Waals surface area contributed by atoms with E-state index in [0.29, 0.717) is 31.0 Å². The standard InChI is InChI=1S/C21H21FN4O4/c22-13-3-1-12(2-4-13)19(27)25-9-14-15-10-26(11-21(15)6-5-16(14)30-21)18-17(20(28)29)23-7-8-24-18/h1-4,7-8,14-16H,5-6,9-11H2,(H,25,27)(H,28,29)/t14-,15+,16+,21+/m0/s1. The predicted molar refractivity (Wildman–Crippen MR) is 104 cm³/mol. The quantitative estimate of drug-likeness (QED) is 0.771. The van der Waals surface area contributed by atoms with E-state index in [-0.39, 0.29) is 41.0 Å². The Morgan fingerprint density at radius 2 is 2.03 bits per heavy atom. The molecule has 156 valence electrons. The lowest BCUT2D eigenvalue weighted by atomic mass is 9.73. The smallest absolute Gasteiger partial charge is 0.358 e. The Balaban J connectivity index is 1.32.